The van der Waals surface area contributed by atoms with Gasteiger partial charge < -0.3 is 9.64 Å². The first-order valence-electron chi connectivity index (χ1n) is 6.47. The number of amides is 1. The maximum Gasteiger partial charge on any atom is 0.223 e. The van der Waals surface area contributed by atoms with Crippen molar-refractivity contribution in [2.75, 3.05) is 45.9 Å². The highest BCUT2D eigenvalue weighted by Gasteiger charge is 2.26. The molecule has 5 heteroatoms. The molecule has 1 atom stereocenters. The Labute approximate surface area is 111 Å². The number of unbranched alkanes of at least 4 members (excludes halogenated alkanes) is 1. The van der Waals surface area contributed by atoms with E-state index in [1.807, 2.05) is 4.90 Å². The molecule has 0 N–H and O–H groups in total. The van der Waals surface area contributed by atoms with Crippen molar-refractivity contribution in [3.63, 3.8) is 0 Å². The predicted molar refractivity (Wildman–Crippen MR) is 70.4 cm³/mol. The summed E-state index contributed by atoms with van der Waals surface area (Å²) < 4.78 is 5.31. The van der Waals surface area contributed by atoms with E-state index >= 15 is 0 Å². The third kappa shape index (κ3) is 4.23. The van der Waals surface area contributed by atoms with E-state index in [1.54, 1.807) is 0 Å². The molecule has 0 radical (unpaired) electrons. The van der Waals surface area contributed by atoms with Crippen LogP contribution in [0.15, 0.2) is 0 Å². The normalized spacial score (nSPS) is 26.8. The minimum Gasteiger partial charge on any atom is -0.379 e. The first-order chi connectivity index (χ1) is 8.25. The lowest BCUT2D eigenvalue weighted by Crippen LogP contribution is -2.37. The van der Waals surface area contributed by atoms with E-state index in [0.717, 1.165) is 52.4 Å². The van der Waals surface area contributed by atoms with Gasteiger partial charge in [-0.2, -0.15) is 0 Å². The van der Waals surface area contributed by atoms with Crippen LogP contribution in [-0.2, 0) is 9.53 Å². The van der Waals surface area contributed by atoms with Gasteiger partial charge in [0.05, 0.1) is 13.2 Å². The Kier molecular flexibility index (Phi) is 5.25. The fourth-order valence-electron chi connectivity index (χ4n) is 2.40. The van der Waals surface area contributed by atoms with Gasteiger partial charge in [0, 0.05) is 37.4 Å². The van der Waals surface area contributed by atoms with Crippen molar-refractivity contribution in [3.8, 4) is 0 Å². The Morgan fingerprint density at radius 2 is 1.94 bits per heavy atom. The number of carbonyl (C=O) groups is 1. The van der Waals surface area contributed by atoms with Crippen molar-refractivity contribution < 1.29 is 9.53 Å². The molecule has 2 aliphatic heterocycles. The van der Waals surface area contributed by atoms with Gasteiger partial charge in [-0.3, -0.25) is 9.69 Å². The lowest BCUT2D eigenvalue weighted by molar-refractivity contribution is -0.127. The SMILES string of the molecule is O=C1CC(Br)CN1CCCCN1CCOCC1. The van der Waals surface area contributed by atoms with Gasteiger partial charge >= 0.3 is 0 Å². The summed E-state index contributed by atoms with van der Waals surface area (Å²) in [6, 6.07) is 0. The molecule has 2 heterocycles. The van der Waals surface area contributed by atoms with Gasteiger partial charge in [-0.1, -0.05) is 15.9 Å². The molecule has 2 rings (SSSR count). The highest BCUT2D eigenvalue weighted by molar-refractivity contribution is 9.09. The minimum atomic E-state index is 0.304. The van der Waals surface area contributed by atoms with Crippen LogP contribution < -0.4 is 0 Å². The molecule has 0 aliphatic carbocycles. The predicted octanol–water partition coefficient (Wildman–Crippen LogP) is 1.09. The molecule has 0 aromatic carbocycles. The second kappa shape index (κ2) is 6.71. The van der Waals surface area contributed by atoms with Crippen LogP contribution in [0, 0.1) is 0 Å². The van der Waals surface area contributed by atoms with Gasteiger partial charge in [0.25, 0.3) is 0 Å². The summed E-state index contributed by atoms with van der Waals surface area (Å²) in [4.78, 5) is 16.4. The van der Waals surface area contributed by atoms with Gasteiger partial charge in [0.2, 0.25) is 5.91 Å². The Bertz CT molecular complexity index is 257. The lowest BCUT2D eigenvalue weighted by atomic mass is 10.2. The number of rotatable bonds is 5. The third-order valence-electron chi connectivity index (χ3n) is 3.42. The van der Waals surface area contributed by atoms with Crippen LogP contribution in [0.3, 0.4) is 0 Å². The molecule has 1 amide bonds. The first kappa shape index (κ1) is 13.3. The number of morpholine rings is 1. The van der Waals surface area contributed by atoms with Crippen molar-refractivity contribution in [1.82, 2.24) is 9.80 Å². The van der Waals surface area contributed by atoms with Crippen molar-refractivity contribution in [2.45, 2.75) is 24.1 Å². The second-order valence-electron chi connectivity index (χ2n) is 4.80. The number of hydrogen-bond donors (Lipinski definition) is 0. The van der Waals surface area contributed by atoms with E-state index in [4.69, 9.17) is 4.74 Å². The van der Waals surface area contributed by atoms with Gasteiger partial charge in [-0.05, 0) is 19.4 Å². The Balaban J connectivity index is 1.55. The molecule has 4 nitrogen and oxygen atoms in total. The highest BCUT2D eigenvalue weighted by Crippen LogP contribution is 2.18. The van der Waals surface area contributed by atoms with Crippen LogP contribution in [-0.4, -0.2) is 66.5 Å². The van der Waals surface area contributed by atoms with E-state index < -0.39 is 0 Å². The largest absolute Gasteiger partial charge is 0.379 e. The topological polar surface area (TPSA) is 32.8 Å². The van der Waals surface area contributed by atoms with Crippen LogP contribution in [0.25, 0.3) is 0 Å². The Hall–Kier alpha value is -0.130. The van der Waals surface area contributed by atoms with Gasteiger partial charge in [0.15, 0.2) is 0 Å². The fraction of sp³-hybridized carbons (Fsp3) is 0.917. The Morgan fingerprint density at radius 1 is 1.24 bits per heavy atom. The van der Waals surface area contributed by atoms with Crippen LogP contribution >= 0.6 is 15.9 Å². The average molecular weight is 305 g/mol. The molecule has 98 valence electrons. The number of halogens is 1. The van der Waals surface area contributed by atoms with Gasteiger partial charge in [0.1, 0.15) is 0 Å². The van der Waals surface area contributed by atoms with Crippen molar-refractivity contribution >= 4 is 21.8 Å². The molecule has 0 aromatic heterocycles. The summed E-state index contributed by atoms with van der Waals surface area (Å²) in [5, 5.41) is 0. The van der Waals surface area contributed by atoms with E-state index in [2.05, 4.69) is 20.8 Å². The monoisotopic (exact) mass is 304 g/mol. The number of likely N-dealkylation sites (tertiary alicyclic amines) is 1. The van der Waals surface area contributed by atoms with Gasteiger partial charge in [-0.15, -0.1) is 0 Å². The third-order valence-corrected chi connectivity index (χ3v) is 4.04. The van der Waals surface area contributed by atoms with Crippen LogP contribution in [0.2, 0.25) is 0 Å². The molecule has 17 heavy (non-hydrogen) atoms. The number of hydrogen-bond acceptors (Lipinski definition) is 3. The lowest BCUT2D eigenvalue weighted by Gasteiger charge is -2.26. The fourth-order valence-corrected chi connectivity index (χ4v) is 3.03. The van der Waals surface area contributed by atoms with Gasteiger partial charge in [-0.25, -0.2) is 0 Å². The summed E-state index contributed by atoms with van der Waals surface area (Å²) in [5.74, 6) is 0.304. The number of alkyl halides is 1. The molecule has 0 saturated carbocycles. The van der Waals surface area contributed by atoms with Crippen LogP contribution in [0.1, 0.15) is 19.3 Å². The van der Waals surface area contributed by atoms with Crippen molar-refractivity contribution in [1.29, 1.82) is 0 Å². The molecular formula is C12H21BrN2O2. The van der Waals surface area contributed by atoms with Crippen LogP contribution in [0.4, 0.5) is 0 Å². The van der Waals surface area contributed by atoms with E-state index in [1.165, 1.54) is 6.42 Å². The highest BCUT2D eigenvalue weighted by atomic mass is 79.9. The molecular weight excluding hydrogens is 284 g/mol. The zero-order valence-electron chi connectivity index (χ0n) is 10.2. The summed E-state index contributed by atoms with van der Waals surface area (Å²) in [6.45, 7) is 6.81. The van der Waals surface area contributed by atoms with E-state index in [0.29, 0.717) is 17.2 Å². The molecule has 2 saturated heterocycles. The number of ether oxygens (including phenoxy) is 1. The second-order valence-corrected chi connectivity index (χ2v) is 6.10. The molecule has 0 bridgehead atoms. The smallest absolute Gasteiger partial charge is 0.223 e. The summed E-state index contributed by atoms with van der Waals surface area (Å²) in [5.41, 5.74) is 0. The number of nitrogens with zero attached hydrogens (tertiary/aromatic N) is 2. The maximum absolute atomic E-state index is 11.5. The summed E-state index contributed by atoms with van der Waals surface area (Å²) in [6.07, 6.45) is 2.96. The minimum absolute atomic E-state index is 0.304. The van der Waals surface area contributed by atoms with Crippen LogP contribution in [0.5, 0.6) is 0 Å². The molecule has 0 spiro atoms. The van der Waals surface area contributed by atoms with Crippen molar-refractivity contribution in [3.05, 3.63) is 0 Å². The van der Waals surface area contributed by atoms with Crippen molar-refractivity contribution in [2.24, 2.45) is 0 Å². The quantitative estimate of drug-likeness (QED) is 0.563. The molecule has 1 unspecified atom stereocenters. The number of carbonyl (C=O) groups excluding carboxylic acids is 1. The maximum atomic E-state index is 11.5. The molecule has 0 aromatic rings. The Morgan fingerprint density at radius 3 is 2.59 bits per heavy atom. The first-order valence-corrected chi connectivity index (χ1v) is 7.39. The summed E-state index contributed by atoms with van der Waals surface area (Å²) >= 11 is 3.51. The van der Waals surface area contributed by atoms with E-state index in [-0.39, 0.29) is 0 Å². The molecule has 2 fully saturated rings. The van der Waals surface area contributed by atoms with E-state index in [9.17, 15) is 4.79 Å². The zero-order chi connectivity index (χ0) is 12.1. The summed E-state index contributed by atoms with van der Waals surface area (Å²) in [7, 11) is 0. The standard InChI is InChI=1S/C12H21BrN2O2/c13-11-9-12(16)15(10-11)4-2-1-3-14-5-7-17-8-6-14/h11H,1-10H2. The average Bonchev–Trinajstić information content (AvgIpc) is 2.65. The zero-order valence-corrected chi connectivity index (χ0v) is 11.8. The molecule has 2 aliphatic rings.